The molecule has 2 aliphatic heterocycles. The van der Waals surface area contributed by atoms with Crippen LogP contribution in [0.3, 0.4) is 0 Å². The molecular formula is C23H26N4O2. The monoisotopic (exact) mass is 390 g/mol. The molecule has 3 aliphatic rings. The van der Waals surface area contributed by atoms with Gasteiger partial charge in [-0.2, -0.15) is 0 Å². The summed E-state index contributed by atoms with van der Waals surface area (Å²) in [5.74, 6) is 2.22. The van der Waals surface area contributed by atoms with Crippen LogP contribution >= 0.6 is 0 Å². The molecule has 0 N–H and O–H groups in total. The van der Waals surface area contributed by atoms with Crippen LogP contribution in [0.25, 0.3) is 0 Å². The molecule has 3 heterocycles. The van der Waals surface area contributed by atoms with E-state index in [2.05, 4.69) is 0 Å². The lowest BCUT2D eigenvalue weighted by Gasteiger charge is -2.35. The predicted molar refractivity (Wildman–Crippen MR) is 110 cm³/mol. The van der Waals surface area contributed by atoms with Crippen molar-refractivity contribution in [2.75, 3.05) is 18.0 Å². The molecule has 1 unspecified atom stereocenters. The molecule has 0 bridgehead atoms. The third kappa shape index (κ3) is 3.41. The molecule has 6 nitrogen and oxygen atoms in total. The first kappa shape index (κ1) is 18.3. The van der Waals surface area contributed by atoms with Crippen molar-refractivity contribution < 1.29 is 9.59 Å². The van der Waals surface area contributed by atoms with E-state index in [9.17, 15) is 9.59 Å². The fraction of sp³-hybridized carbons (Fsp3) is 0.478. The van der Waals surface area contributed by atoms with E-state index >= 15 is 0 Å². The molecule has 150 valence electrons. The minimum Gasteiger partial charge on any atom is -0.328 e. The second-order valence-electron chi connectivity index (χ2n) is 8.47. The number of aromatic nitrogens is 2. The topological polar surface area (TPSA) is 66.4 Å². The molecule has 1 saturated heterocycles. The largest absolute Gasteiger partial charge is 0.328 e. The highest BCUT2D eigenvalue weighted by Gasteiger charge is 2.37. The average Bonchev–Trinajstić information content (AvgIpc) is 3.52. The number of benzene rings is 1. The van der Waals surface area contributed by atoms with Gasteiger partial charge in [0.05, 0.1) is 12.5 Å². The fourth-order valence-electron chi connectivity index (χ4n) is 4.48. The molecule has 2 amide bonds. The highest BCUT2D eigenvalue weighted by atomic mass is 16.2. The number of anilines is 1. The molecule has 29 heavy (non-hydrogen) atoms. The first-order valence-electron chi connectivity index (χ1n) is 10.7. The van der Waals surface area contributed by atoms with Gasteiger partial charge in [0.15, 0.2) is 5.82 Å². The van der Waals surface area contributed by atoms with Crippen molar-refractivity contribution in [3.63, 3.8) is 0 Å². The number of amides is 2. The van der Waals surface area contributed by atoms with Crippen LogP contribution in [-0.4, -0.2) is 39.8 Å². The molecule has 1 aromatic heterocycles. The predicted octanol–water partition coefficient (Wildman–Crippen LogP) is 3.45. The zero-order chi connectivity index (χ0) is 20.0. The Balaban J connectivity index is 1.49. The Morgan fingerprint density at radius 2 is 1.90 bits per heavy atom. The zero-order valence-electron chi connectivity index (χ0n) is 16.8. The number of rotatable bonds is 4. The van der Waals surface area contributed by atoms with E-state index in [0.717, 1.165) is 42.9 Å². The van der Waals surface area contributed by atoms with Crippen molar-refractivity contribution in [2.24, 2.45) is 5.92 Å². The average molecular weight is 390 g/mol. The normalized spacial score (nSPS) is 21.4. The number of piperidine rings is 1. The van der Waals surface area contributed by atoms with Crippen LogP contribution in [0.5, 0.6) is 0 Å². The lowest BCUT2D eigenvalue weighted by molar-refractivity contribution is -0.117. The second-order valence-corrected chi connectivity index (χ2v) is 8.47. The maximum Gasteiger partial charge on any atom is 0.254 e. The molecule has 2 aromatic rings. The zero-order valence-corrected chi connectivity index (χ0v) is 16.8. The Hall–Kier alpha value is -2.76. The van der Waals surface area contributed by atoms with E-state index in [4.69, 9.17) is 9.97 Å². The summed E-state index contributed by atoms with van der Waals surface area (Å²) in [6, 6.07) is 9.28. The maximum atomic E-state index is 13.2. The highest BCUT2D eigenvalue weighted by molar-refractivity contribution is 6.00. The first-order valence-corrected chi connectivity index (χ1v) is 10.7. The molecule has 1 aromatic carbocycles. The van der Waals surface area contributed by atoms with Crippen molar-refractivity contribution in [3.8, 4) is 0 Å². The van der Waals surface area contributed by atoms with Gasteiger partial charge in [0.2, 0.25) is 5.91 Å². The number of likely N-dealkylation sites (tertiary alicyclic amines) is 1. The van der Waals surface area contributed by atoms with Crippen molar-refractivity contribution in [1.82, 2.24) is 14.9 Å². The number of carbonyl (C=O) groups excluding carboxylic acids is 2. The molecule has 1 saturated carbocycles. The lowest BCUT2D eigenvalue weighted by atomic mass is 9.99. The molecule has 0 radical (unpaired) electrons. The molecule has 5 rings (SSSR count). The summed E-state index contributed by atoms with van der Waals surface area (Å²) in [5, 5.41) is 0. The summed E-state index contributed by atoms with van der Waals surface area (Å²) in [6.45, 7) is 3.44. The van der Waals surface area contributed by atoms with Crippen molar-refractivity contribution >= 4 is 17.6 Å². The summed E-state index contributed by atoms with van der Waals surface area (Å²) in [6.07, 6.45) is 5.67. The SMILES string of the molecule is Cc1nc(C2CCCCN2C(=O)c2ccccc2)nc2c1CC(=O)N2CC1CC1. The van der Waals surface area contributed by atoms with E-state index in [-0.39, 0.29) is 17.9 Å². The Morgan fingerprint density at radius 1 is 1.10 bits per heavy atom. The van der Waals surface area contributed by atoms with Crippen LogP contribution in [-0.2, 0) is 11.2 Å². The Kier molecular flexibility index (Phi) is 4.57. The van der Waals surface area contributed by atoms with Crippen LogP contribution in [0.2, 0.25) is 0 Å². The van der Waals surface area contributed by atoms with E-state index in [1.54, 1.807) is 0 Å². The van der Waals surface area contributed by atoms with Gasteiger partial charge >= 0.3 is 0 Å². The van der Waals surface area contributed by atoms with Crippen LogP contribution in [0.1, 0.15) is 65.6 Å². The van der Waals surface area contributed by atoms with E-state index in [1.807, 2.05) is 47.1 Å². The number of carbonyl (C=O) groups is 2. The molecule has 6 heteroatoms. The molecule has 1 aliphatic carbocycles. The van der Waals surface area contributed by atoms with Gasteiger partial charge < -0.3 is 4.90 Å². The summed E-state index contributed by atoms with van der Waals surface area (Å²) in [7, 11) is 0. The van der Waals surface area contributed by atoms with Gasteiger partial charge in [-0.05, 0) is 57.1 Å². The van der Waals surface area contributed by atoms with Gasteiger partial charge in [-0.15, -0.1) is 0 Å². The van der Waals surface area contributed by atoms with Crippen LogP contribution in [0, 0.1) is 12.8 Å². The number of hydrogen-bond donors (Lipinski definition) is 0. The molecule has 1 atom stereocenters. The Labute approximate surface area is 170 Å². The van der Waals surface area contributed by atoms with Gasteiger partial charge in [0.1, 0.15) is 5.82 Å². The van der Waals surface area contributed by atoms with Gasteiger partial charge in [0, 0.05) is 29.9 Å². The van der Waals surface area contributed by atoms with Gasteiger partial charge in [-0.25, -0.2) is 9.97 Å². The number of fused-ring (bicyclic) bond motifs is 1. The summed E-state index contributed by atoms with van der Waals surface area (Å²) in [5.41, 5.74) is 2.52. The quantitative estimate of drug-likeness (QED) is 0.802. The third-order valence-electron chi connectivity index (χ3n) is 6.31. The molecule has 0 spiro atoms. The van der Waals surface area contributed by atoms with Crippen LogP contribution < -0.4 is 4.90 Å². The van der Waals surface area contributed by atoms with E-state index in [0.29, 0.717) is 30.3 Å². The number of nitrogens with zero attached hydrogens (tertiary/aromatic N) is 4. The standard InChI is InChI=1S/C23H26N4O2/c1-15-18-13-20(28)27(14-16-10-11-16)22(18)25-21(24-15)19-9-5-6-12-26(19)23(29)17-7-3-2-4-8-17/h2-4,7-8,16,19H,5-6,9-14H2,1H3. The Bertz CT molecular complexity index is 955. The molecular weight excluding hydrogens is 364 g/mol. The van der Waals surface area contributed by atoms with E-state index in [1.165, 1.54) is 12.8 Å². The summed E-state index contributed by atoms with van der Waals surface area (Å²) < 4.78 is 0. The maximum absolute atomic E-state index is 13.2. The Morgan fingerprint density at radius 3 is 2.66 bits per heavy atom. The smallest absolute Gasteiger partial charge is 0.254 e. The fourth-order valence-corrected chi connectivity index (χ4v) is 4.48. The summed E-state index contributed by atoms with van der Waals surface area (Å²) >= 11 is 0. The van der Waals surface area contributed by atoms with Crippen LogP contribution in [0.15, 0.2) is 30.3 Å². The first-order chi connectivity index (χ1) is 14.1. The van der Waals surface area contributed by atoms with Crippen molar-refractivity contribution in [3.05, 3.63) is 53.0 Å². The second kappa shape index (κ2) is 7.25. The van der Waals surface area contributed by atoms with Crippen molar-refractivity contribution in [1.29, 1.82) is 0 Å². The van der Waals surface area contributed by atoms with Gasteiger partial charge in [-0.3, -0.25) is 14.5 Å². The highest BCUT2D eigenvalue weighted by Crippen LogP contribution is 2.38. The number of aryl methyl sites for hydroxylation is 1. The number of hydrogen-bond acceptors (Lipinski definition) is 4. The minimum absolute atomic E-state index is 0.0305. The van der Waals surface area contributed by atoms with Gasteiger partial charge in [0.25, 0.3) is 5.91 Å². The van der Waals surface area contributed by atoms with Crippen LogP contribution in [0.4, 0.5) is 5.82 Å². The van der Waals surface area contributed by atoms with E-state index < -0.39 is 0 Å². The lowest BCUT2D eigenvalue weighted by Crippen LogP contribution is -2.39. The minimum atomic E-state index is -0.140. The molecule has 2 fully saturated rings. The van der Waals surface area contributed by atoms with Gasteiger partial charge in [-0.1, -0.05) is 18.2 Å². The summed E-state index contributed by atoms with van der Waals surface area (Å²) in [4.78, 5) is 39.2. The third-order valence-corrected chi connectivity index (χ3v) is 6.31. The van der Waals surface area contributed by atoms with Crippen molar-refractivity contribution in [2.45, 2.75) is 51.5 Å².